The number of rotatable bonds is 8. The summed E-state index contributed by atoms with van der Waals surface area (Å²) in [6.45, 7) is 0. The van der Waals surface area contributed by atoms with Crippen molar-refractivity contribution in [3.63, 3.8) is 0 Å². The highest BCUT2D eigenvalue weighted by Crippen LogP contribution is 2.73. The van der Waals surface area contributed by atoms with Gasteiger partial charge in [0.2, 0.25) is 0 Å². The van der Waals surface area contributed by atoms with Crippen molar-refractivity contribution < 1.29 is 0 Å². The van der Waals surface area contributed by atoms with Gasteiger partial charge in [-0.1, -0.05) is 158 Å². The maximum absolute atomic E-state index is 5.02. The summed E-state index contributed by atoms with van der Waals surface area (Å²) in [5, 5.41) is 4.56. The molecule has 0 saturated carbocycles. The lowest BCUT2D eigenvalue weighted by molar-refractivity contribution is 1.24. The van der Waals surface area contributed by atoms with Crippen LogP contribution in [0.3, 0.4) is 0 Å². The fraction of sp³-hybridized carbons (Fsp3) is 0.0169. The highest BCUT2D eigenvalue weighted by atomic mass is 32.3. The van der Waals surface area contributed by atoms with Crippen molar-refractivity contribution >= 4 is 70.0 Å². The van der Waals surface area contributed by atoms with Crippen LogP contribution in [0.4, 0.5) is 0 Å². The van der Waals surface area contributed by atoms with E-state index in [1.54, 1.807) is 22.7 Å². The number of hydrogen-bond acceptors (Lipinski definition) is 4. The lowest BCUT2D eigenvalue weighted by atomic mass is 9.82. The topological polar surface area (TPSA) is 25.8 Å². The molecule has 0 radical (unpaired) electrons. The number of aromatic nitrogens is 2. The van der Waals surface area contributed by atoms with E-state index in [-0.39, 0.29) is 0 Å². The van der Waals surface area contributed by atoms with E-state index in [0.717, 1.165) is 38.6 Å². The van der Waals surface area contributed by atoms with Gasteiger partial charge in [-0.3, -0.25) is 0 Å². The van der Waals surface area contributed by atoms with Gasteiger partial charge >= 0.3 is 0 Å². The van der Waals surface area contributed by atoms with E-state index in [2.05, 4.69) is 231 Å². The lowest BCUT2D eigenvalue weighted by Gasteiger charge is -2.42. The van der Waals surface area contributed by atoms with Crippen LogP contribution in [0.2, 0.25) is 0 Å². The molecule has 0 spiro atoms. The Morgan fingerprint density at radius 1 is 0.391 bits per heavy atom. The third-order valence-electron chi connectivity index (χ3n) is 12.3. The second-order valence-electron chi connectivity index (χ2n) is 16.0. The van der Waals surface area contributed by atoms with Gasteiger partial charge in [-0.25, -0.2) is 9.97 Å². The molecule has 64 heavy (non-hydrogen) atoms. The molecule has 0 bridgehead atoms. The third kappa shape index (κ3) is 6.55. The summed E-state index contributed by atoms with van der Waals surface area (Å²) in [4.78, 5) is 15.2. The molecule has 9 aromatic carbocycles. The van der Waals surface area contributed by atoms with Gasteiger partial charge < -0.3 is 0 Å². The van der Waals surface area contributed by atoms with Crippen molar-refractivity contribution in [2.24, 2.45) is 0 Å². The fourth-order valence-corrected chi connectivity index (χ4v) is 15.3. The number of nitrogens with zero attached hydrogens (tertiary/aromatic N) is 2. The first-order valence-electron chi connectivity index (χ1n) is 21.6. The second kappa shape index (κ2) is 16.2. The van der Waals surface area contributed by atoms with Gasteiger partial charge in [0.1, 0.15) is 10.0 Å². The smallest absolute Gasteiger partial charge is 0.124 e. The van der Waals surface area contributed by atoms with Gasteiger partial charge in [0.05, 0.1) is 20.4 Å². The van der Waals surface area contributed by atoms with E-state index in [0.29, 0.717) is 0 Å². The van der Waals surface area contributed by atoms with Gasteiger partial charge in [0.15, 0.2) is 0 Å². The molecule has 0 saturated heterocycles. The van der Waals surface area contributed by atoms with Crippen LogP contribution in [0.25, 0.3) is 80.7 Å². The van der Waals surface area contributed by atoms with Gasteiger partial charge in [-0.2, -0.15) is 0 Å². The normalized spacial score (nSPS) is 12.8. The average molecular weight is 873 g/mol. The summed E-state index contributed by atoms with van der Waals surface area (Å²) in [5.41, 5.74) is 11.8. The molecule has 304 valence electrons. The molecule has 11 aromatic rings. The summed E-state index contributed by atoms with van der Waals surface area (Å²) in [5.74, 6) is 0. The zero-order valence-electron chi connectivity index (χ0n) is 34.8. The Labute approximate surface area is 382 Å². The van der Waals surface area contributed by atoms with Crippen molar-refractivity contribution in [2.45, 2.75) is 26.0 Å². The maximum atomic E-state index is 5.02. The molecule has 0 fully saturated rings. The number of benzene rings is 9. The lowest BCUT2D eigenvalue weighted by Crippen LogP contribution is -2.06. The predicted octanol–water partition coefficient (Wildman–Crippen LogP) is 17.2. The van der Waals surface area contributed by atoms with Crippen molar-refractivity contribution in [1.29, 1.82) is 0 Å². The van der Waals surface area contributed by atoms with Gasteiger partial charge in [0, 0.05) is 30.7 Å². The van der Waals surface area contributed by atoms with Crippen LogP contribution in [0, 0.1) is 0 Å². The average Bonchev–Trinajstić information content (AvgIpc) is 3.93. The molecule has 12 rings (SSSR count). The standard InChI is InChI=1S/C59H40N2S3/c1-5-17-44(18-6-1)64(45-19-7-2-8-20-45,46-21-9-3-10-22-46)47-37-38-50-51(39-47)57(41-31-35-43(36-32-41)59-61-53-26-14-16-28-55(53)63-59)49-24-12-4-11-23-48(49)56(50)40-29-33-42(34-30-40)58-60-52-25-13-15-27-54(52)62-58/h1-22,24-39H,23H2. The summed E-state index contributed by atoms with van der Waals surface area (Å²) in [6.07, 6.45) is 9.88. The van der Waals surface area contributed by atoms with Crippen molar-refractivity contribution in [3.8, 4) is 43.4 Å². The first-order valence-corrected chi connectivity index (χ1v) is 24.9. The Bertz CT molecular complexity index is 3390. The van der Waals surface area contributed by atoms with E-state index in [1.165, 1.54) is 73.1 Å². The Morgan fingerprint density at radius 3 is 1.38 bits per heavy atom. The van der Waals surface area contributed by atoms with Gasteiger partial charge in [-0.05, 0) is 123 Å². The summed E-state index contributed by atoms with van der Waals surface area (Å²) in [6, 6.07) is 76.0. The minimum atomic E-state index is -1.95. The van der Waals surface area contributed by atoms with E-state index >= 15 is 0 Å². The SMILES string of the molecule is C1=CCc2c(c(-c3ccc(-c4nc5ccccc5s4)cc3)c3cc(S(c4ccccc4)(c4ccccc4)c4ccccc4)ccc3c2-c2ccc(-c3nc4ccccc4s3)cc2)C=C1. The summed E-state index contributed by atoms with van der Waals surface area (Å²) >= 11 is 3.50. The van der Waals surface area contributed by atoms with Crippen molar-refractivity contribution in [3.05, 3.63) is 236 Å². The monoisotopic (exact) mass is 872 g/mol. The van der Waals surface area contributed by atoms with E-state index in [1.807, 2.05) is 0 Å². The van der Waals surface area contributed by atoms with Gasteiger partial charge in [-0.15, -0.1) is 32.7 Å². The van der Waals surface area contributed by atoms with Crippen LogP contribution in [0.5, 0.6) is 0 Å². The van der Waals surface area contributed by atoms with Crippen LogP contribution >= 0.6 is 32.7 Å². The van der Waals surface area contributed by atoms with E-state index < -0.39 is 10.0 Å². The van der Waals surface area contributed by atoms with Crippen molar-refractivity contribution in [1.82, 2.24) is 9.97 Å². The van der Waals surface area contributed by atoms with Crippen LogP contribution in [0.1, 0.15) is 11.1 Å². The predicted molar refractivity (Wildman–Crippen MR) is 274 cm³/mol. The first-order chi connectivity index (χ1) is 31.7. The number of fused-ring (bicyclic) bond motifs is 4. The van der Waals surface area contributed by atoms with E-state index in [4.69, 9.17) is 9.97 Å². The summed E-state index contributed by atoms with van der Waals surface area (Å²) in [7, 11) is -1.95. The molecule has 2 aromatic heterocycles. The van der Waals surface area contributed by atoms with Crippen molar-refractivity contribution in [2.75, 3.05) is 0 Å². The number of thiazole rings is 2. The molecule has 2 nitrogen and oxygen atoms in total. The minimum absolute atomic E-state index is 0.818. The molecule has 1 aliphatic carbocycles. The Kier molecular flexibility index (Phi) is 9.75. The van der Waals surface area contributed by atoms with Crippen LogP contribution in [-0.4, -0.2) is 9.97 Å². The Hall–Kier alpha value is -7.15. The number of hydrogen-bond donors (Lipinski definition) is 0. The molecular formula is C59H40N2S3. The summed E-state index contributed by atoms with van der Waals surface area (Å²) < 4.78 is 2.41. The molecule has 0 unspecified atom stereocenters. The second-order valence-corrected chi connectivity index (χ2v) is 21.2. The first kappa shape index (κ1) is 38.5. The molecule has 5 heteroatoms. The Balaban J connectivity index is 1.13. The molecule has 2 heterocycles. The highest BCUT2D eigenvalue weighted by molar-refractivity contribution is 8.34. The van der Waals surface area contributed by atoms with Crippen LogP contribution in [-0.2, 0) is 6.42 Å². The number of allylic oxidation sites excluding steroid dienone is 3. The molecule has 0 amide bonds. The number of para-hydroxylation sites is 2. The van der Waals surface area contributed by atoms with E-state index in [9.17, 15) is 0 Å². The van der Waals surface area contributed by atoms with Gasteiger partial charge in [0.25, 0.3) is 0 Å². The molecule has 1 aliphatic rings. The zero-order chi connectivity index (χ0) is 42.5. The molecule has 0 N–H and O–H groups in total. The zero-order valence-corrected chi connectivity index (χ0v) is 37.2. The Morgan fingerprint density at radius 2 is 0.859 bits per heavy atom. The molecular weight excluding hydrogens is 833 g/mol. The molecule has 0 atom stereocenters. The van der Waals surface area contributed by atoms with Crippen LogP contribution in [0.15, 0.2) is 244 Å². The maximum Gasteiger partial charge on any atom is 0.124 e. The highest BCUT2D eigenvalue weighted by Gasteiger charge is 2.34. The third-order valence-corrected chi connectivity index (χ3v) is 18.4. The largest absolute Gasteiger partial charge is 0.236 e. The quantitative estimate of drug-likeness (QED) is 0.152. The fourth-order valence-electron chi connectivity index (χ4n) is 9.43. The minimum Gasteiger partial charge on any atom is -0.236 e. The molecule has 0 aliphatic heterocycles. The van der Waals surface area contributed by atoms with Crippen LogP contribution < -0.4 is 0 Å².